The molecule has 134 valence electrons. The van der Waals surface area contributed by atoms with Gasteiger partial charge in [0.1, 0.15) is 0 Å². The topological polar surface area (TPSA) is 58.6 Å². The van der Waals surface area contributed by atoms with Gasteiger partial charge in [0.15, 0.2) is 0 Å². The number of nitrogens with zero attached hydrogens (tertiary/aromatic N) is 1. The van der Waals surface area contributed by atoms with Crippen LogP contribution in [0.1, 0.15) is 31.2 Å². The van der Waals surface area contributed by atoms with Crippen LogP contribution in [-0.4, -0.2) is 52.2 Å². The summed E-state index contributed by atoms with van der Waals surface area (Å²) < 4.78 is 33.0. The van der Waals surface area contributed by atoms with Crippen molar-refractivity contribution in [2.24, 2.45) is 5.92 Å². The lowest BCUT2D eigenvalue weighted by atomic mass is 9.94. The van der Waals surface area contributed by atoms with Crippen LogP contribution >= 0.6 is 0 Å². The fourth-order valence-electron chi connectivity index (χ4n) is 3.67. The first-order valence-corrected chi connectivity index (χ1v) is 10.4. The zero-order valence-electron chi connectivity index (χ0n) is 14.4. The van der Waals surface area contributed by atoms with Crippen molar-refractivity contribution in [3.05, 3.63) is 29.8 Å². The first kappa shape index (κ1) is 17.9. The molecule has 24 heavy (non-hydrogen) atoms. The van der Waals surface area contributed by atoms with Crippen LogP contribution in [0.15, 0.2) is 29.2 Å². The maximum atomic E-state index is 12.4. The number of ether oxygens (including phenoxy) is 1. The minimum absolute atomic E-state index is 0.363. The van der Waals surface area contributed by atoms with Gasteiger partial charge >= 0.3 is 0 Å². The lowest BCUT2D eigenvalue weighted by Gasteiger charge is -2.39. The Morgan fingerprint density at radius 2 is 1.88 bits per heavy atom. The quantitative estimate of drug-likeness (QED) is 0.882. The van der Waals surface area contributed by atoms with E-state index < -0.39 is 10.0 Å². The number of rotatable bonds is 5. The summed E-state index contributed by atoms with van der Waals surface area (Å²) in [6.45, 7) is 6.34. The number of benzene rings is 1. The molecule has 0 saturated carbocycles. The van der Waals surface area contributed by atoms with Gasteiger partial charge in [-0.1, -0.05) is 12.1 Å². The second kappa shape index (κ2) is 7.95. The lowest BCUT2D eigenvalue weighted by Crippen LogP contribution is -2.45. The van der Waals surface area contributed by atoms with Gasteiger partial charge < -0.3 is 9.64 Å². The molecule has 2 aliphatic heterocycles. The fourth-order valence-corrected chi connectivity index (χ4v) is 4.89. The molecule has 6 heteroatoms. The molecule has 0 radical (unpaired) electrons. The Balaban J connectivity index is 1.48. The zero-order valence-corrected chi connectivity index (χ0v) is 15.2. The third-order valence-corrected chi connectivity index (χ3v) is 6.64. The average Bonchev–Trinajstić information content (AvgIpc) is 2.61. The number of aryl methyl sites for hydroxylation is 1. The molecule has 3 rings (SSSR count). The van der Waals surface area contributed by atoms with E-state index in [1.54, 1.807) is 18.2 Å². The van der Waals surface area contributed by atoms with Crippen molar-refractivity contribution >= 4 is 10.0 Å². The highest BCUT2D eigenvalue weighted by atomic mass is 32.2. The van der Waals surface area contributed by atoms with Crippen LogP contribution < -0.4 is 4.72 Å². The summed E-state index contributed by atoms with van der Waals surface area (Å²) in [5.74, 6) is 0.431. The van der Waals surface area contributed by atoms with Gasteiger partial charge in [0.05, 0.1) is 4.90 Å². The molecular formula is C18H28N2O3S. The summed E-state index contributed by atoms with van der Waals surface area (Å²) in [4.78, 5) is 2.93. The number of piperidine rings is 1. The molecule has 0 amide bonds. The molecule has 1 N–H and O–H groups in total. The van der Waals surface area contributed by atoms with Crippen molar-refractivity contribution in [1.29, 1.82) is 0 Å². The predicted molar refractivity (Wildman–Crippen MR) is 94.5 cm³/mol. The van der Waals surface area contributed by atoms with Gasteiger partial charge in [0.25, 0.3) is 0 Å². The molecule has 1 aromatic carbocycles. The predicted octanol–water partition coefficient (Wildman–Crippen LogP) is 2.16. The minimum atomic E-state index is -3.40. The van der Waals surface area contributed by atoms with Crippen LogP contribution in [0.4, 0.5) is 0 Å². The largest absolute Gasteiger partial charge is 0.381 e. The van der Waals surface area contributed by atoms with E-state index in [1.165, 1.54) is 0 Å². The normalized spacial score (nSPS) is 21.9. The molecule has 0 bridgehead atoms. The minimum Gasteiger partial charge on any atom is -0.381 e. The molecule has 2 aliphatic rings. The van der Waals surface area contributed by atoms with E-state index in [0.717, 1.165) is 57.6 Å². The number of nitrogens with one attached hydrogen (secondary N) is 1. The Bertz CT molecular complexity index is 633. The van der Waals surface area contributed by atoms with Crippen molar-refractivity contribution < 1.29 is 13.2 Å². The van der Waals surface area contributed by atoms with Crippen LogP contribution in [0.25, 0.3) is 0 Å². The monoisotopic (exact) mass is 352 g/mol. The van der Waals surface area contributed by atoms with Crippen molar-refractivity contribution in [2.45, 2.75) is 43.5 Å². The summed E-state index contributed by atoms with van der Waals surface area (Å²) in [5, 5.41) is 0. The Kier molecular flexibility index (Phi) is 5.92. The van der Waals surface area contributed by atoms with E-state index >= 15 is 0 Å². The molecule has 2 fully saturated rings. The van der Waals surface area contributed by atoms with Gasteiger partial charge in [-0.15, -0.1) is 0 Å². The zero-order chi connectivity index (χ0) is 17.0. The van der Waals surface area contributed by atoms with E-state index in [2.05, 4.69) is 9.62 Å². The highest BCUT2D eigenvalue weighted by Gasteiger charge is 2.27. The number of hydrogen-bond acceptors (Lipinski definition) is 4. The van der Waals surface area contributed by atoms with E-state index in [1.807, 2.05) is 13.0 Å². The lowest BCUT2D eigenvalue weighted by molar-refractivity contribution is 0.0214. The van der Waals surface area contributed by atoms with Gasteiger partial charge in [-0.05, 0) is 69.3 Å². The first-order chi connectivity index (χ1) is 11.5. The summed E-state index contributed by atoms with van der Waals surface area (Å²) in [5.41, 5.74) is 0.961. The fraction of sp³-hybridized carbons (Fsp3) is 0.667. The maximum absolute atomic E-state index is 12.4. The third kappa shape index (κ3) is 4.57. The molecule has 0 aromatic heterocycles. The molecule has 5 nitrogen and oxygen atoms in total. The van der Waals surface area contributed by atoms with E-state index in [9.17, 15) is 8.42 Å². The second-order valence-electron chi connectivity index (χ2n) is 6.99. The summed E-state index contributed by atoms with van der Waals surface area (Å²) >= 11 is 0. The van der Waals surface area contributed by atoms with Gasteiger partial charge in [-0.3, -0.25) is 0 Å². The molecule has 0 atom stereocenters. The average molecular weight is 353 g/mol. The third-order valence-electron chi connectivity index (χ3n) is 5.22. The molecule has 0 spiro atoms. The second-order valence-corrected chi connectivity index (χ2v) is 8.76. The van der Waals surface area contributed by atoms with E-state index in [0.29, 0.717) is 23.4 Å². The summed E-state index contributed by atoms with van der Waals surface area (Å²) in [7, 11) is -3.40. The Morgan fingerprint density at radius 3 is 2.54 bits per heavy atom. The van der Waals surface area contributed by atoms with Crippen LogP contribution in [-0.2, 0) is 14.8 Å². The molecule has 1 aromatic rings. The van der Waals surface area contributed by atoms with Crippen molar-refractivity contribution in [3.8, 4) is 0 Å². The first-order valence-electron chi connectivity index (χ1n) is 8.93. The molecule has 2 saturated heterocycles. The molecule has 0 aliphatic carbocycles. The summed E-state index contributed by atoms with van der Waals surface area (Å²) in [6, 6.07) is 7.73. The highest BCUT2D eigenvalue weighted by molar-refractivity contribution is 7.89. The Labute approximate surface area is 145 Å². The Morgan fingerprint density at radius 1 is 1.17 bits per heavy atom. The highest BCUT2D eigenvalue weighted by Crippen LogP contribution is 2.23. The number of likely N-dealkylation sites (tertiary alicyclic amines) is 1. The van der Waals surface area contributed by atoms with Gasteiger partial charge in [-0.25, -0.2) is 13.1 Å². The van der Waals surface area contributed by atoms with Crippen molar-refractivity contribution in [2.75, 3.05) is 32.8 Å². The number of sulfonamides is 1. The molecule has 2 heterocycles. The van der Waals surface area contributed by atoms with Gasteiger partial charge in [0.2, 0.25) is 10.0 Å². The van der Waals surface area contributed by atoms with E-state index in [-0.39, 0.29) is 0 Å². The van der Waals surface area contributed by atoms with Crippen LogP contribution in [0, 0.1) is 12.8 Å². The maximum Gasteiger partial charge on any atom is 0.240 e. The van der Waals surface area contributed by atoms with Crippen LogP contribution in [0.5, 0.6) is 0 Å². The van der Waals surface area contributed by atoms with Crippen LogP contribution in [0.3, 0.4) is 0 Å². The standard InChI is InChI=1S/C18H28N2O3S/c1-15-3-2-4-18(13-15)24(21,22)19-14-16-5-9-20(10-6-16)17-7-11-23-12-8-17/h2-4,13,16-17,19H,5-12,14H2,1H3. The van der Waals surface area contributed by atoms with E-state index in [4.69, 9.17) is 4.74 Å². The number of hydrogen-bond donors (Lipinski definition) is 1. The smallest absolute Gasteiger partial charge is 0.240 e. The van der Waals surface area contributed by atoms with Gasteiger partial charge in [0, 0.05) is 25.8 Å². The van der Waals surface area contributed by atoms with Gasteiger partial charge in [-0.2, -0.15) is 0 Å². The Hall–Kier alpha value is -0.950. The molecular weight excluding hydrogens is 324 g/mol. The van der Waals surface area contributed by atoms with Crippen molar-refractivity contribution in [1.82, 2.24) is 9.62 Å². The van der Waals surface area contributed by atoms with Crippen molar-refractivity contribution in [3.63, 3.8) is 0 Å². The molecule has 0 unspecified atom stereocenters. The summed E-state index contributed by atoms with van der Waals surface area (Å²) in [6.07, 6.45) is 4.39. The SMILES string of the molecule is Cc1cccc(S(=O)(=O)NCC2CCN(C3CCOCC3)CC2)c1. The van der Waals surface area contributed by atoms with Crippen LogP contribution in [0.2, 0.25) is 0 Å².